The molecule has 16 heavy (non-hydrogen) atoms. The summed E-state index contributed by atoms with van der Waals surface area (Å²) >= 11 is 0. The smallest absolute Gasteiger partial charge is 0.0165 e. The van der Waals surface area contributed by atoms with Crippen LogP contribution in [0.1, 0.15) is 60.3 Å². The zero-order chi connectivity index (χ0) is 12.6. The summed E-state index contributed by atoms with van der Waals surface area (Å²) in [5, 5.41) is 0. The molecule has 0 aromatic heterocycles. The molecule has 0 atom stereocenters. The lowest BCUT2D eigenvalue weighted by Crippen LogP contribution is -2.04. The zero-order valence-electron chi connectivity index (χ0n) is 11.8. The van der Waals surface area contributed by atoms with E-state index in [1.165, 1.54) is 36.0 Å². The van der Waals surface area contributed by atoms with Gasteiger partial charge in [-0.2, -0.15) is 0 Å². The Morgan fingerprint density at radius 3 is 2.00 bits per heavy atom. The Bertz CT molecular complexity index is 258. The van der Waals surface area contributed by atoms with Crippen molar-refractivity contribution in [2.24, 2.45) is 5.92 Å². The van der Waals surface area contributed by atoms with E-state index in [9.17, 15) is 0 Å². The van der Waals surface area contributed by atoms with Crippen LogP contribution in [-0.4, -0.2) is 0 Å². The van der Waals surface area contributed by atoms with Gasteiger partial charge in [0.25, 0.3) is 0 Å². The van der Waals surface area contributed by atoms with Gasteiger partial charge in [0.05, 0.1) is 0 Å². The van der Waals surface area contributed by atoms with Crippen molar-refractivity contribution in [3.63, 3.8) is 0 Å². The highest BCUT2D eigenvalue weighted by Crippen LogP contribution is 2.27. The molecule has 0 spiro atoms. The molecule has 0 aliphatic rings. The lowest BCUT2D eigenvalue weighted by molar-refractivity contribution is 0.572. The van der Waals surface area contributed by atoms with Crippen LogP contribution >= 0.6 is 0 Å². The van der Waals surface area contributed by atoms with E-state index >= 15 is 0 Å². The molecule has 0 heteroatoms. The molecule has 0 radical (unpaired) electrons. The molecule has 0 fully saturated rings. The number of hydrogen-bond acceptors (Lipinski definition) is 0. The van der Waals surface area contributed by atoms with Gasteiger partial charge in [0.15, 0.2) is 0 Å². The van der Waals surface area contributed by atoms with Crippen molar-refractivity contribution < 1.29 is 0 Å². The van der Waals surface area contributed by atoms with Crippen molar-refractivity contribution in [1.29, 1.82) is 0 Å². The number of rotatable bonds is 7. The van der Waals surface area contributed by atoms with Gasteiger partial charge in [-0.05, 0) is 44.6 Å². The first-order chi connectivity index (χ1) is 7.56. The number of allylic oxidation sites excluding steroid dienone is 5. The third-order valence-corrected chi connectivity index (χ3v) is 2.98. The summed E-state index contributed by atoms with van der Waals surface area (Å²) in [7, 11) is 0. The van der Waals surface area contributed by atoms with Gasteiger partial charge in [-0.1, -0.05) is 57.1 Å². The first-order valence-corrected chi connectivity index (χ1v) is 6.59. The lowest BCUT2D eigenvalue weighted by Gasteiger charge is -2.19. The van der Waals surface area contributed by atoms with Crippen LogP contribution in [-0.2, 0) is 0 Å². The highest BCUT2D eigenvalue weighted by Gasteiger charge is 2.11. The van der Waals surface area contributed by atoms with Crippen LogP contribution in [0, 0.1) is 5.92 Å². The van der Waals surface area contributed by atoms with E-state index < -0.39 is 0 Å². The van der Waals surface area contributed by atoms with E-state index in [0.29, 0.717) is 5.92 Å². The van der Waals surface area contributed by atoms with Gasteiger partial charge >= 0.3 is 0 Å². The molecule has 0 aromatic rings. The van der Waals surface area contributed by atoms with Gasteiger partial charge in [-0.25, -0.2) is 0 Å². The largest absolute Gasteiger partial charge is 0.0955 e. The van der Waals surface area contributed by atoms with Gasteiger partial charge in [0.2, 0.25) is 0 Å². The van der Waals surface area contributed by atoms with Crippen LogP contribution in [0.15, 0.2) is 35.5 Å². The van der Waals surface area contributed by atoms with Crippen molar-refractivity contribution >= 4 is 0 Å². The highest BCUT2D eigenvalue weighted by molar-refractivity contribution is 5.34. The zero-order valence-corrected chi connectivity index (χ0v) is 11.8. The van der Waals surface area contributed by atoms with Crippen LogP contribution in [0.25, 0.3) is 0 Å². The summed E-state index contributed by atoms with van der Waals surface area (Å²) in [6.45, 7) is 15.3. The van der Waals surface area contributed by atoms with E-state index in [1.807, 2.05) is 0 Å². The molecular formula is C16H28. The molecule has 0 aromatic carbocycles. The van der Waals surface area contributed by atoms with Gasteiger partial charge in [0.1, 0.15) is 0 Å². The summed E-state index contributed by atoms with van der Waals surface area (Å²) < 4.78 is 0. The second-order valence-electron chi connectivity index (χ2n) is 4.73. The normalized spacial score (nSPS) is 11.8. The Labute approximate surface area is 102 Å². The second-order valence-corrected chi connectivity index (χ2v) is 4.73. The van der Waals surface area contributed by atoms with Gasteiger partial charge < -0.3 is 0 Å². The fourth-order valence-corrected chi connectivity index (χ4v) is 1.97. The number of hydrogen-bond donors (Lipinski definition) is 0. The summed E-state index contributed by atoms with van der Waals surface area (Å²) in [5.74, 6) is 0.676. The molecule has 0 unspecified atom stereocenters. The highest BCUT2D eigenvalue weighted by atomic mass is 14.2. The summed E-state index contributed by atoms with van der Waals surface area (Å²) in [6, 6.07) is 0. The van der Waals surface area contributed by atoms with E-state index in [4.69, 9.17) is 0 Å². The van der Waals surface area contributed by atoms with Gasteiger partial charge in [-0.3, -0.25) is 0 Å². The first-order valence-electron chi connectivity index (χ1n) is 6.59. The Hall–Kier alpha value is -0.780. The topological polar surface area (TPSA) is 0 Å². The predicted molar refractivity (Wildman–Crippen MR) is 75.6 cm³/mol. The first kappa shape index (κ1) is 15.2. The minimum absolute atomic E-state index is 0.676. The average Bonchev–Trinajstić information content (AvgIpc) is 2.24. The lowest BCUT2D eigenvalue weighted by atomic mass is 9.86. The van der Waals surface area contributed by atoms with E-state index in [2.05, 4.69) is 53.3 Å². The average molecular weight is 220 g/mol. The van der Waals surface area contributed by atoms with Crippen LogP contribution in [0.5, 0.6) is 0 Å². The van der Waals surface area contributed by atoms with Gasteiger partial charge in [-0.15, -0.1) is 0 Å². The molecule has 0 amide bonds. The maximum atomic E-state index is 4.24. The molecular weight excluding hydrogens is 192 g/mol. The molecule has 0 heterocycles. The molecule has 0 rings (SSSR count). The maximum absolute atomic E-state index is 4.24. The monoisotopic (exact) mass is 220 g/mol. The molecule has 0 bridgehead atoms. The fraction of sp³-hybridized carbons (Fsp3) is 0.625. The third kappa shape index (κ3) is 5.34. The van der Waals surface area contributed by atoms with Crippen LogP contribution in [0.4, 0.5) is 0 Å². The summed E-state index contributed by atoms with van der Waals surface area (Å²) in [6.07, 6.45) is 9.23. The molecule has 0 N–H and O–H groups in total. The minimum Gasteiger partial charge on any atom is -0.0955 e. The summed E-state index contributed by atoms with van der Waals surface area (Å²) in [5.41, 5.74) is 4.15. The SMILES string of the molecule is C=C(CCC)/C(=C\C=C(C)C)C(CC)CC. The van der Waals surface area contributed by atoms with Crippen LogP contribution in [0.2, 0.25) is 0 Å². The Morgan fingerprint density at radius 2 is 1.62 bits per heavy atom. The van der Waals surface area contributed by atoms with Crippen molar-refractivity contribution in [3.05, 3.63) is 35.5 Å². The predicted octanol–water partition coefficient (Wildman–Crippen LogP) is 5.67. The molecule has 0 saturated heterocycles. The van der Waals surface area contributed by atoms with Crippen molar-refractivity contribution in [2.75, 3.05) is 0 Å². The fourth-order valence-electron chi connectivity index (χ4n) is 1.97. The van der Waals surface area contributed by atoms with Crippen molar-refractivity contribution in [2.45, 2.75) is 60.3 Å². The molecule has 0 saturated carbocycles. The van der Waals surface area contributed by atoms with Crippen molar-refractivity contribution in [3.8, 4) is 0 Å². The van der Waals surface area contributed by atoms with Crippen LogP contribution in [0.3, 0.4) is 0 Å². The van der Waals surface area contributed by atoms with E-state index in [1.54, 1.807) is 0 Å². The molecule has 0 aliphatic carbocycles. The molecule has 0 nitrogen and oxygen atoms in total. The van der Waals surface area contributed by atoms with E-state index in [0.717, 1.165) is 6.42 Å². The Balaban J connectivity index is 4.95. The summed E-state index contributed by atoms with van der Waals surface area (Å²) in [4.78, 5) is 0. The molecule has 0 aliphatic heterocycles. The van der Waals surface area contributed by atoms with Crippen LogP contribution < -0.4 is 0 Å². The van der Waals surface area contributed by atoms with Crippen molar-refractivity contribution in [1.82, 2.24) is 0 Å². The Kier molecular flexibility index (Phi) is 7.97. The Morgan fingerprint density at radius 1 is 1.06 bits per heavy atom. The maximum Gasteiger partial charge on any atom is -0.0165 e. The standard InChI is InChI=1S/C16H28/c1-7-10-14(6)16(12-11-13(4)5)15(8-2)9-3/h11-12,15H,6-10H2,1-5H3/b16-12+. The second kappa shape index (κ2) is 8.38. The molecule has 92 valence electrons. The minimum atomic E-state index is 0.676. The van der Waals surface area contributed by atoms with E-state index in [-0.39, 0.29) is 0 Å². The van der Waals surface area contributed by atoms with Gasteiger partial charge in [0, 0.05) is 0 Å². The quantitative estimate of drug-likeness (QED) is 0.485. The third-order valence-electron chi connectivity index (χ3n) is 2.98.